The maximum Gasteiger partial charge on any atom is 0.410 e. The van der Waals surface area contributed by atoms with E-state index in [-0.39, 0.29) is 6.09 Å². The molecular formula is C21H33N3O2. The first-order chi connectivity index (χ1) is 12.2. The summed E-state index contributed by atoms with van der Waals surface area (Å²) in [5, 5.41) is 3.54. The highest BCUT2D eigenvalue weighted by Gasteiger charge is 2.34. The molecule has 0 radical (unpaired) electrons. The van der Waals surface area contributed by atoms with Gasteiger partial charge in [0.1, 0.15) is 5.60 Å². The number of benzene rings is 1. The first-order valence-electron chi connectivity index (χ1n) is 9.84. The Hall–Kier alpha value is -1.91. The van der Waals surface area contributed by atoms with Crippen LogP contribution in [0.3, 0.4) is 0 Å². The van der Waals surface area contributed by atoms with E-state index < -0.39 is 5.60 Å². The number of nitrogen functional groups attached to an aromatic ring is 1. The van der Waals surface area contributed by atoms with Gasteiger partial charge in [-0.25, -0.2) is 4.79 Å². The third kappa shape index (κ3) is 4.83. The van der Waals surface area contributed by atoms with E-state index in [4.69, 9.17) is 10.5 Å². The Morgan fingerprint density at radius 1 is 1.31 bits per heavy atom. The maximum absolute atomic E-state index is 12.1. The van der Waals surface area contributed by atoms with Gasteiger partial charge in [0, 0.05) is 19.6 Å². The van der Waals surface area contributed by atoms with Gasteiger partial charge in [0.15, 0.2) is 0 Å². The largest absolute Gasteiger partial charge is 0.444 e. The lowest BCUT2D eigenvalue weighted by molar-refractivity contribution is 0.0188. The second-order valence-corrected chi connectivity index (χ2v) is 8.96. The van der Waals surface area contributed by atoms with Gasteiger partial charge in [-0.05, 0) is 75.5 Å². The molecule has 1 aliphatic carbocycles. The van der Waals surface area contributed by atoms with Gasteiger partial charge in [0.25, 0.3) is 0 Å². The summed E-state index contributed by atoms with van der Waals surface area (Å²) in [6.45, 7) is 10.4. The van der Waals surface area contributed by atoms with Crippen LogP contribution in [0.15, 0.2) is 18.2 Å². The minimum Gasteiger partial charge on any atom is -0.444 e. The van der Waals surface area contributed by atoms with Crippen LogP contribution in [0, 0.1) is 11.8 Å². The van der Waals surface area contributed by atoms with Gasteiger partial charge in [-0.1, -0.05) is 13.0 Å². The number of carbonyl (C=O) groups is 1. The Kier molecular flexibility index (Phi) is 5.35. The molecule has 2 atom stereocenters. The van der Waals surface area contributed by atoms with Crippen LogP contribution < -0.4 is 11.1 Å². The van der Waals surface area contributed by atoms with E-state index in [9.17, 15) is 4.79 Å². The number of nitrogens with two attached hydrogens (primary N) is 1. The molecule has 1 amide bonds. The molecule has 1 heterocycles. The highest BCUT2D eigenvalue weighted by molar-refractivity contribution is 5.68. The van der Waals surface area contributed by atoms with Crippen molar-refractivity contribution in [3.63, 3.8) is 0 Å². The molecular weight excluding hydrogens is 326 g/mol. The first kappa shape index (κ1) is 18.9. The van der Waals surface area contributed by atoms with Gasteiger partial charge in [-0.2, -0.15) is 0 Å². The van der Waals surface area contributed by atoms with Crippen LogP contribution in [-0.2, 0) is 4.74 Å². The third-order valence-corrected chi connectivity index (χ3v) is 5.46. The predicted octanol–water partition coefficient (Wildman–Crippen LogP) is 4.45. The Balaban J connectivity index is 1.47. The van der Waals surface area contributed by atoms with E-state index >= 15 is 0 Å². The maximum atomic E-state index is 12.1. The lowest BCUT2D eigenvalue weighted by Crippen LogP contribution is -2.42. The molecule has 1 saturated heterocycles. The number of nitrogens with one attached hydrogen (secondary N) is 1. The van der Waals surface area contributed by atoms with Crippen molar-refractivity contribution in [2.24, 2.45) is 11.8 Å². The molecule has 2 aliphatic rings. The highest BCUT2D eigenvalue weighted by Crippen LogP contribution is 2.47. The van der Waals surface area contributed by atoms with Crippen LogP contribution in [0.2, 0.25) is 0 Å². The highest BCUT2D eigenvalue weighted by atomic mass is 16.6. The summed E-state index contributed by atoms with van der Waals surface area (Å²) < 4.78 is 5.46. The standard InChI is InChI=1S/C21H33N3O2/c1-14-11-17(14)16-5-6-18(22)19(12-16)23-13-15-7-9-24(10-8-15)20(25)26-21(2,3)4/h5-6,12,14-15,17,23H,7-11,13,22H2,1-4H3/t14?,17-/m1/s1. The zero-order valence-corrected chi connectivity index (χ0v) is 16.5. The fourth-order valence-corrected chi connectivity index (χ4v) is 3.64. The number of hydrogen-bond donors (Lipinski definition) is 2. The molecule has 26 heavy (non-hydrogen) atoms. The number of nitrogens with zero attached hydrogens (tertiary/aromatic N) is 1. The van der Waals surface area contributed by atoms with Crippen LogP contribution in [0.5, 0.6) is 0 Å². The average Bonchev–Trinajstić information content (AvgIpc) is 3.30. The molecule has 3 rings (SSSR count). The van der Waals surface area contributed by atoms with Crippen LogP contribution in [0.25, 0.3) is 0 Å². The lowest BCUT2D eigenvalue weighted by atomic mass is 9.96. The summed E-state index contributed by atoms with van der Waals surface area (Å²) in [5.74, 6) is 2.05. The van der Waals surface area contributed by atoms with Gasteiger partial charge in [-0.15, -0.1) is 0 Å². The number of ether oxygens (including phenoxy) is 1. The minimum absolute atomic E-state index is 0.195. The molecule has 3 N–H and O–H groups in total. The third-order valence-electron chi connectivity index (χ3n) is 5.46. The van der Waals surface area contributed by atoms with Crippen molar-refractivity contribution in [3.8, 4) is 0 Å². The summed E-state index contributed by atoms with van der Waals surface area (Å²) in [5.41, 5.74) is 8.98. The molecule has 0 aromatic heterocycles. The van der Waals surface area contributed by atoms with E-state index in [1.807, 2.05) is 31.7 Å². The van der Waals surface area contributed by atoms with Crippen molar-refractivity contribution in [3.05, 3.63) is 23.8 Å². The van der Waals surface area contributed by atoms with Crippen LogP contribution in [0.4, 0.5) is 16.2 Å². The predicted molar refractivity (Wildman–Crippen MR) is 106 cm³/mol. The molecule has 1 aromatic rings. The lowest BCUT2D eigenvalue weighted by Gasteiger charge is -2.33. The number of rotatable bonds is 4. The zero-order chi connectivity index (χ0) is 18.9. The summed E-state index contributed by atoms with van der Waals surface area (Å²) in [6, 6.07) is 6.40. The topological polar surface area (TPSA) is 67.6 Å². The number of hydrogen-bond acceptors (Lipinski definition) is 4. The number of anilines is 2. The number of piperidine rings is 1. The van der Waals surface area contributed by atoms with Crippen molar-refractivity contribution < 1.29 is 9.53 Å². The van der Waals surface area contributed by atoms with E-state index in [1.54, 1.807) is 0 Å². The van der Waals surface area contributed by atoms with Crippen molar-refractivity contribution in [1.29, 1.82) is 0 Å². The Bertz CT molecular complexity index is 645. The monoisotopic (exact) mass is 359 g/mol. The average molecular weight is 360 g/mol. The summed E-state index contributed by atoms with van der Waals surface area (Å²) in [6.07, 6.45) is 3.07. The van der Waals surface area contributed by atoms with E-state index in [0.717, 1.165) is 49.8 Å². The zero-order valence-electron chi connectivity index (χ0n) is 16.5. The summed E-state index contributed by atoms with van der Waals surface area (Å²) in [4.78, 5) is 14.0. The van der Waals surface area contributed by atoms with E-state index in [0.29, 0.717) is 11.8 Å². The Morgan fingerprint density at radius 2 is 1.96 bits per heavy atom. The van der Waals surface area contributed by atoms with Crippen molar-refractivity contribution in [1.82, 2.24) is 4.90 Å². The molecule has 5 nitrogen and oxygen atoms in total. The molecule has 1 aliphatic heterocycles. The summed E-state index contributed by atoms with van der Waals surface area (Å²) >= 11 is 0. The SMILES string of the molecule is CC1C[C@H]1c1ccc(N)c(NCC2CCN(C(=O)OC(C)(C)C)CC2)c1. The molecule has 1 aromatic carbocycles. The molecule has 0 bridgehead atoms. The molecule has 2 fully saturated rings. The Labute approximate surface area is 157 Å². The normalized spacial score (nSPS) is 23.6. The van der Waals surface area contributed by atoms with Crippen LogP contribution in [0.1, 0.15) is 58.4 Å². The molecule has 1 unspecified atom stereocenters. The van der Waals surface area contributed by atoms with E-state index in [1.165, 1.54) is 12.0 Å². The first-order valence-corrected chi connectivity index (χ1v) is 9.84. The van der Waals surface area contributed by atoms with Gasteiger partial charge in [0.05, 0.1) is 11.4 Å². The smallest absolute Gasteiger partial charge is 0.410 e. The number of carbonyl (C=O) groups excluding carboxylic acids is 1. The van der Waals surface area contributed by atoms with Crippen molar-refractivity contribution in [2.75, 3.05) is 30.7 Å². The fraction of sp³-hybridized carbons (Fsp3) is 0.667. The molecule has 0 spiro atoms. The summed E-state index contributed by atoms with van der Waals surface area (Å²) in [7, 11) is 0. The van der Waals surface area contributed by atoms with Gasteiger partial charge in [0.2, 0.25) is 0 Å². The minimum atomic E-state index is -0.433. The van der Waals surface area contributed by atoms with Gasteiger partial charge in [-0.3, -0.25) is 0 Å². The van der Waals surface area contributed by atoms with Crippen molar-refractivity contribution in [2.45, 2.75) is 58.5 Å². The van der Waals surface area contributed by atoms with Crippen LogP contribution >= 0.6 is 0 Å². The quantitative estimate of drug-likeness (QED) is 0.779. The second-order valence-electron chi connectivity index (χ2n) is 8.96. The number of likely N-dealkylation sites (tertiary alicyclic amines) is 1. The molecule has 144 valence electrons. The van der Waals surface area contributed by atoms with Gasteiger partial charge >= 0.3 is 6.09 Å². The van der Waals surface area contributed by atoms with Gasteiger partial charge < -0.3 is 20.7 Å². The molecule has 1 saturated carbocycles. The van der Waals surface area contributed by atoms with Crippen molar-refractivity contribution >= 4 is 17.5 Å². The second kappa shape index (κ2) is 7.37. The van der Waals surface area contributed by atoms with E-state index in [2.05, 4.69) is 24.4 Å². The Morgan fingerprint density at radius 3 is 2.54 bits per heavy atom. The number of amides is 1. The van der Waals surface area contributed by atoms with Crippen LogP contribution in [-0.4, -0.2) is 36.2 Å². The fourth-order valence-electron chi connectivity index (χ4n) is 3.64. The molecule has 5 heteroatoms.